The van der Waals surface area contributed by atoms with E-state index in [0.29, 0.717) is 11.4 Å². The van der Waals surface area contributed by atoms with E-state index in [1.54, 1.807) is 6.07 Å². The zero-order valence-electron chi connectivity index (χ0n) is 15.1. The van der Waals surface area contributed by atoms with Crippen LogP contribution in [-0.4, -0.2) is 27.0 Å². The van der Waals surface area contributed by atoms with Crippen molar-refractivity contribution < 1.29 is 0 Å². The van der Waals surface area contributed by atoms with E-state index >= 15 is 0 Å². The van der Waals surface area contributed by atoms with Gasteiger partial charge in [0.15, 0.2) is 0 Å². The average Bonchev–Trinajstić information content (AvgIpc) is 3.38. The Morgan fingerprint density at radius 2 is 2.04 bits per heavy atom. The normalized spacial score (nSPS) is 19.2. The third kappa shape index (κ3) is 3.40. The van der Waals surface area contributed by atoms with Crippen LogP contribution in [0.25, 0.3) is 11.4 Å². The minimum absolute atomic E-state index is 0.0557. The Balaban J connectivity index is 1.66. The van der Waals surface area contributed by atoms with E-state index in [2.05, 4.69) is 35.0 Å². The molecule has 1 aliphatic carbocycles. The maximum absolute atomic E-state index is 12.1. The molecule has 4 nitrogen and oxygen atoms in total. The van der Waals surface area contributed by atoms with E-state index in [9.17, 15) is 4.79 Å². The van der Waals surface area contributed by atoms with Crippen molar-refractivity contribution in [1.29, 1.82) is 0 Å². The number of aromatic amines is 1. The van der Waals surface area contributed by atoms with Crippen molar-refractivity contribution in [1.82, 2.24) is 14.9 Å². The number of H-pyrrole nitrogens is 1. The highest BCUT2D eigenvalue weighted by Crippen LogP contribution is 2.49. The molecule has 1 aromatic carbocycles. The van der Waals surface area contributed by atoms with Gasteiger partial charge in [-0.25, -0.2) is 4.98 Å². The number of rotatable bonds is 5. The molecule has 2 fully saturated rings. The van der Waals surface area contributed by atoms with Gasteiger partial charge >= 0.3 is 0 Å². The predicted molar refractivity (Wildman–Crippen MR) is 101 cm³/mol. The quantitative estimate of drug-likeness (QED) is 0.900. The monoisotopic (exact) mass is 337 g/mol. The van der Waals surface area contributed by atoms with Crippen LogP contribution in [0.3, 0.4) is 0 Å². The maximum atomic E-state index is 12.1. The molecule has 0 radical (unpaired) electrons. The summed E-state index contributed by atoms with van der Waals surface area (Å²) in [4.78, 5) is 22.4. The van der Waals surface area contributed by atoms with Gasteiger partial charge in [0.2, 0.25) is 0 Å². The van der Waals surface area contributed by atoms with Crippen LogP contribution >= 0.6 is 0 Å². The fraction of sp³-hybridized carbons (Fsp3) is 0.524. The van der Waals surface area contributed by atoms with Crippen LogP contribution in [-0.2, 0) is 13.0 Å². The van der Waals surface area contributed by atoms with Crippen molar-refractivity contribution in [3.8, 4) is 11.4 Å². The zero-order chi connectivity index (χ0) is 17.3. The number of aromatic nitrogens is 2. The Bertz CT molecular complexity index is 807. The molecule has 1 N–H and O–H groups in total. The highest BCUT2D eigenvalue weighted by molar-refractivity contribution is 5.60. The predicted octanol–water partition coefficient (Wildman–Crippen LogP) is 3.91. The molecule has 1 aliphatic heterocycles. The summed E-state index contributed by atoms with van der Waals surface area (Å²) in [5, 5.41) is 0. The van der Waals surface area contributed by atoms with Crippen LogP contribution in [0.1, 0.15) is 56.7 Å². The standard InChI is InChI=1S/C21H27N3O/c1-2-7-17-14-19(25)23-20(22-17)18-9-4-3-8-16(18)15-24-13-6-5-10-21(24)11-12-21/h3-4,8-9,14H,2,5-7,10-13,15H2,1H3,(H,22,23,25). The van der Waals surface area contributed by atoms with E-state index in [1.807, 2.05) is 6.07 Å². The second kappa shape index (κ2) is 6.75. The van der Waals surface area contributed by atoms with E-state index in [4.69, 9.17) is 4.98 Å². The summed E-state index contributed by atoms with van der Waals surface area (Å²) in [5.41, 5.74) is 3.63. The smallest absolute Gasteiger partial charge is 0.251 e. The summed E-state index contributed by atoms with van der Waals surface area (Å²) >= 11 is 0. The Kier molecular flexibility index (Phi) is 4.46. The number of hydrogen-bond acceptors (Lipinski definition) is 3. The highest BCUT2D eigenvalue weighted by atomic mass is 16.1. The minimum atomic E-state index is -0.0557. The first-order valence-corrected chi connectivity index (χ1v) is 9.64. The van der Waals surface area contributed by atoms with Crippen LogP contribution in [0.4, 0.5) is 0 Å². The molecule has 2 aliphatic rings. The minimum Gasteiger partial charge on any atom is -0.307 e. The van der Waals surface area contributed by atoms with Gasteiger partial charge < -0.3 is 4.98 Å². The Morgan fingerprint density at radius 1 is 1.20 bits per heavy atom. The number of benzene rings is 1. The molecule has 4 rings (SSSR count). The summed E-state index contributed by atoms with van der Waals surface area (Å²) < 4.78 is 0. The van der Waals surface area contributed by atoms with E-state index in [1.165, 1.54) is 44.2 Å². The third-order valence-electron chi connectivity index (χ3n) is 5.75. The van der Waals surface area contributed by atoms with Crippen LogP contribution in [0.15, 0.2) is 35.1 Å². The van der Waals surface area contributed by atoms with Gasteiger partial charge in [-0.15, -0.1) is 0 Å². The molecule has 25 heavy (non-hydrogen) atoms. The van der Waals surface area contributed by atoms with Crippen LogP contribution < -0.4 is 5.56 Å². The summed E-state index contributed by atoms with van der Waals surface area (Å²) in [5.74, 6) is 0.716. The molecule has 4 heteroatoms. The van der Waals surface area contributed by atoms with Crippen molar-refractivity contribution >= 4 is 0 Å². The van der Waals surface area contributed by atoms with E-state index < -0.39 is 0 Å². The van der Waals surface area contributed by atoms with Crippen molar-refractivity contribution in [3.05, 3.63) is 51.9 Å². The first-order chi connectivity index (χ1) is 12.2. The number of piperidine rings is 1. The SMILES string of the molecule is CCCc1cc(=O)[nH]c(-c2ccccc2CN2CCCCC23CC3)n1. The average molecular weight is 337 g/mol. The molecular formula is C21H27N3O. The van der Waals surface area contributed by atoms with Crippen LogP contribution in [0.5, 0.6) is 0 Å². The molecule has 1 saturated heterocycles. The summed E-state index contributed by atoms with van der Waals surface area (Å²) in [6, 6.07) is 10.0. The number of aryl methyl sites for hydroxylation is 1. The lowest BCUT2D eigenvalue weighted by Gasteiger charge is -2.36. The molecule has 1 aromatic heterocycles. The van der Waals surface area contributed by atoms with Crippen molar-refractivity contribution in [2.75, 3.05) is 6.54 Å². The molecule has 1 spiro atoms. The van der Waals surface area contributed by atoms with Gasteiger partial charge in [-0.05, 0) is 44.2 Å². The molecule has 0 bridgehead atoms. The topological polar surface area (TPSA) is 49.0 Å². The maximum Gasteiger partial charge on any atom is 0.251 e. The van der Waals surface area contributed by atoms with Gasteiger partial charge in [0.25, 0.3) is 5.56 Å². The van der Waals surface area contributed by atoms with Gasteiger partial charge in [-0.2, -0.15) is 0 Å². The molecule has 2 aromatic rings. The lowest BCUT2D eigenvalue weighted by Crippen LogP contribution is -2.40. The molecule has 0 atom stereocenters. The number of hydrogen-bond donors (Lipinski definition) is 1. The second-order valence-corrected chi connectivity index (χ2v) is 7.60. The van der Waals surface area contributed by atoms with Crippen LogP contribution in [0.2, 0.25) is 0 Å². The first-order valence-electron chi connectivity index (χ1n) is 9.64. The van der Waals surface area contributed by atoms with Gasteiger partial charge in [0, 0.05) is 29.4 Å². The first kappa shape index (κ1) is 16.5. The van der Waals surface area contributed by atoms with Crippen LogP contribution in [0, 0.1) is 0 Å². The molecule has 0 unspecified atom stereocenters. The van der Waals surface area contributed by atoms with Gasteiger partial charge in [0.05, 0.1) is 0 Å². The Hall–Kier alpha value is -1.94. The van der Waals surface area contributed by atoms with Crippen molar-refractivity contribution in [3.63, 3.8) is 0 Å². The fourth-order valence-corrected chi connectivity index (χ4v) is 4.22. The largest absolute Gasteiger partial charge is 0.307 e. The molecule has 0 amide bonds. The van der Waals surface area contributed by atoms with Crippen molar-refractivity contribution in [2.24, 2.45) is 0 Å². The number of nitrogens with zero attached hydrogens (tertiary/aromatic N) is 2. The van der Waals surface area contributed by atoms with Crippen molar-refractivity contribution in [2.45, 2.75) is 64.0 Å². The highest BCUT2D eigenvalue weighted by Gasteiger charge is 2.48. The summed E-state index contributed by atoms with van der Waals surface area (Å²) in [7, 11) is 0. The van der Waals surface area contributed by atoms with E-state index in [-0.39, 0.29) is 5.56 Å². The lowest BCUT2D eigenvalue weighted by molar-refractivity contribution is 0.121. The second-order valence-electron chi connectivity index (χ2n) is 7.60. The molecular weight excluding hydrogens is 310 g/mol. The van der Waals surface area contributed by atoms with Gasteiger partial charge in [-0.1, -0.05) is 44.0 Å². The Labute approximate surface area is 149 Å². The molecule has 2 heterocycles. The summed E-state index contributed by atoms with van der Waals surface area (Å²) in [6.45, 7) is 4.26. The fourth-order valence-electron chi connectivity index (χ4n) is 4.22. The number of nitrogens with one attached hydrogen (secondary N) is 1. The Morgan fingerprint density at radius 3 is 2.84 bits per heavy atom. The van der Waals surface area contributed by atoms with E-state index in [0.717, 1.165) is 30.6 Å². The zero-order valence-corrected chi connectivity index (χ0v) is 15.1. The lowest BCUT2D eigenvalue weighted by atomic mass is 9.97. The third-order valence-corrected chi connectivity index (χ3v) is 5.75. The molecule has 1 saturated carbocycles. The summed E-state index contributed by atoms with van der Waals surface area (Å²) in [6.07, 6.45) is 8.53. The van der Waals surface area contributed by atoms with Gasteiger partial charge in [0.1, 0.15) is 5.82 Å². The number of likely N-dealkylation sites (tertiary alicyclic amines) is 1. The molecule has 132 valence electrons. The van der Waals surface area contributed by atoms with Gasteiger partial charge in [-0.3, -0.25) is 9.69 Å².